The molecule has 21 nitrogen and oxygen atoms in total. The van der Waals surface area contributed by atoms with Crippen LogP contribution in [0.5, 0.6) is 57.5 Å². The molecular weight excluding hydrogens is 1940 g/mol. The SMILES string of the molecule is CC(C)(C)OC(=O)NCc1cc(I)c(O)c(I)c1.CC(C)(C)OC(=O)NCc1ccc(O)cc1.COc1ccc(B(O)O)cc1.COc1ccc(Oc2c(I)cc(CNC(=O)OC(C)(C)C)cc2I)cc1.NCc1cc(I)c(Oc2ccc(O)cc2)c(I)c1.NCc1ccc(O)cc1. The van der Waals surface area contributed by atoms with Crippen LogP contribution in [0.1, 0.15) is 90.1 Å². The van der Waals surface area contributed by atoms with Gasteiger partial charge in [-0.25, -0.2) is 14.4 Å². The molecule has 0 aromatic heterocycles. The lowest BCUT2D eigenvalue weighted by molar-refractivity contribution is 0.0512. The van der Waals surface area contributed by atoms with Crippen molar-refractivity contribution < 1.29 is 78.0 Å². The number of ether oxygens (including phenoxy) is 7. The van der Waals surface area contributed by atoms with Crippen LogP contribution in [-0.2, 0) is 46.9 Å². The van der Waals surface area contributed by atoms with Crippen molar-refractivity contribution >= 4 is 166 Å². The summed E-state index contributed by atoms with van der Waals surface area (Å²) in [4.78, 5) is 34.6. The van der Waals surface area contributed by atoms with Crippen molar-refractivity contribution in [1.82, 2.24) is 16.0 Å². The largest absolute Gasteiger partial charge is 0.508 e. The highest BCUT2D eigenvalue weighted by Gasteiger charge is 2.20. The molecule has 0 fully saturated rings. The fourth-order valence-corrected chi connectivity index (χ4v) is 13.4. The number of amides is 3. The molecule has 0 saturated carbocycles. The van der Waals surface area contributed by atoms with E-state index in [-0.39, 0.29) is 23.0 Å². The summed E-state index contributed by atoms with van der Waals surface area (Å²) >= 11 is 13.0. The molecule has 28 heteroatoms. The normalized spacial score (nSPS) is 10.6. The van der Waals surface area contributed by atoms with Crippen molar-refractivity contribution in [2.24, 2.45) is 11.5 Å². The maximum Gasteiger partial charge on any atom is 0.488 e. The van der Waals surface area contributed by atoms with Crippen LogP contribution in [0.2, 0.25) is 0 Å². The number of nitrogens with one attached hydrogen (secondary N) is 3. The highest BCUT2D eigenvalue weighted by molar-refractivity contribution is 14.1. The molecule has 0 aliphatic carbocycles. The van der Waals surface area contributed by atoms with Crippen molar-refractivity contribution in [2.75, 3.05) is 14.2 Å². The minimum absolute atomic E-state index is 0.209. The fourth-order valence-electron chi connectivity index (χ4n) is 7.24. The van der Waals surface area contributed by atoms with Crippen molar-refractivity contribution in [3.05, 3.63) is 207 Å². The van der Waals surface area contributed by atoms with Crippen LogP contribution in [-0.4, -0.2) is 86.9 Å². The summed E-state index contributed by atoms with van der Waals surface area (Å²) < 4.78 is 42.8. The molecule has 0 unspecified atom stereocenters. The van der Waals surface area contributed by atoms with Gasteiger partial charge in [-0.2, -0.15) is 0 Å². The molecule has 8 aromatic carbocycles. The fraction of sp³-hybridized carbons (Fsp3) is 0.271. The van der Waals surface area contributed by atoms with Gasteiger partial charge in [-0.1, -0.05) is 36.4 Å². The van der Waals surface area contributed by atoms with E-state index in [0.717, 1.165) is 72.2 Å². The van der Waals surface area contributed by atoms with E-state index in [1.54, 1.807) is 111 Å². The molecule has 8 rings (SSSR count). The van der Waals surface area contributed by atoms with Crippen molar-refractivity contribution in [1.29, 1.82) is 0 Å². The average Bonchev–Trinajstić information content (AvgIpc) is 0.845. The first-order chi connectivity index (χ1) is 45.9. The van der Waals surface area contributed by atoms with Crippen LogP contribution in [0.25, 0.3) is 0 Å². The van der Waals surface area contributed by atoms with E-state index in [1.807, 2.05) is 123 Å². The Bertz CT molecular complexity index is 3700. The number of halogens is 6. The van der Waals surface area contributed by atoms with E-state index in [2.05, 4.69) is 151 Å². The van der Waals surface area contributed by atoms with E-state index in [1.165, 1.54) is 0 Å². The predicted molar refractivity (Wildman–Crippen MR) is 433 cm³/mol. The lowest BCUT2D eigenvalue weighted by Gasteiger charge is -2.20. The van der Waals surface area contributed by atoms with Crippen LogP contribution in [0.3, 0.4) is 0 Å². The summed E-state index contributed by atoms with van der Waals surface area (Å²) in [6, 6.07) is 45.8. The molecule has 98 heavy (non-hydrogen) atoms. The Balaban J connectivity index is 0.000000315. The third-order valence-electron chi connectivity index (χ3n) is 11.8. The summed E-state index contributed by atoms with van der Waals surface area (Å²) in [5.41, 5.74) is 14.8. The molecule has 0 aliphatic heterocycles. The first-order valence-electron chi connectivity index (χ1n) is 29.7. The van der Waals surface area contributed by atoms with E-state index >= 15 is 0 Å². The Morgan fingerprint density at radius 3 is 0.959 bits per heavy atom. The summed E-state index contributed by atoms with van der Waals surface area (Å²) in [5, 5.41) is 62.2. The number of phenols is 4. The number of benzene rings is 8. The number of alkyl carbamates (subject to hydrolysis) is 3. The molecule has 0 heterocycles. The van der Waals surface area contributed by atoms with Crippen LogP contribution >= 0.6 is 136 Å². The second-order valence-corrected chi connectivity index (χ2v) is 30.5. The average molecular weight is 2020 g/mol. The molecule has 0 aliphatic rings. The molecule has 3 amide bonds. The molecule has 8 aromatic rings. The van der Waals surface area contributed by atoms with Gasteiger partial charge in [-0.3, -0.25) is 0 Å². The first-order valence-corrected chi connectivity index (χ1v) is 36.2. The highest BCUT2D eigenvalue weighted by Crippen LogP contribution is 2.35. The maximum absolute atomic E-state index is 11.8. The van der Waals surface area contributed by atoms with Crippen LogP contribution < -0.4 is 51.8 Å². The number of phenolic OH excluding ortho intramolecular Hbond substituents is 4. The van der Waals surface area contributed by atoms with Gasteiger partial charge in [0.1, 0.15) is 62.8 Å². The lowest BCUT2D eigenvalue weighted by atomic mass is 9.80. The number of methoxy groups -OCH3 is 2. The van der Waals surface area contributed by atoms with Gasteiger partial charge in [0.2, 0.25) is 0 Å². The monoisotopic (exact) mass is 2020 g/mol. The number of nitrogens with two attached hydrogens (primary N) is 2. The van der Waals surface area contributed by atoms with Crippen LogP contribution in [0, 0.1) is 21.4 Å². The van der Waals surface area contributed by atoms with Gasteiger partial charge < -0.3 is 91.0 Å². The summed E-state index contributed by atoms with van der Waals surface area (Å²) in [6.45, 7) is 18.6. The summed E-state index contributed by atoms with van der Waals surface area (Å²) in [6.07, 6.45) is -1.32. The van der Waals surface area contributed by atoms with Crippen molar-refractivity contribution in [2.45, 2.75) is 112 Å². The Labute approximate surface area is 655 Å². The van der Waals surface area contributed by atoms with E-state index < -0.39 is 42.2 Å². The van der Waals surface area contributed by atoms with Gasteiger partial charge in [0.05, 0.1) is 35.6 Å². The second kappa shape index (κ2) is 43.1. The van der Waals surface area contributed by atoms with Gasteiger partial charge in [-0.05, 0) is 352 Å². The molecule has 528 valence electrons. The molecule has 0 saturated heterocycles. The molecule has 0 radical (unpaired) electrons. The van der Waals surface area contributed by atoms with Crippen molar-refractivity contribution in [3.63, 3.8) is 0 Å². The summed E-state index contributed by atoms with van der Waals surface area (Å²) in [5.74, 6) is 5.53. The number of carbonyl (C=O) groups is 3. The topological polar surface area (TPSA) is 325 Å². The lowest BCUT2D eigenvalue weighted by Crippen LogP contribution is -2.32. The molecule has 0 bridgehead atoms. The zero-order valence-electron chi connectivity index (χ0n) is 55.8. The maximum atomic E-state index is 11.8. The van der Waals surface area contributed by atoms with Gasteiger partial charge in [0.15, 0.2) is 11.5 Å². The Kier molecular flexibility index (Phi) is 38.1. The zero-order chi connectivity index (χ0) is 73.5. The third-order valence-corrected chi connectivity index (χ3v) is 16.6. The molecule has 0 atom stereocenters. The van der Waals surface area contributed by atoms with E-state index in [4.69, 9.17) is 64.9 Å². The van der Waals surface area contributed by atoms with Crippen LogP contribution in [0.4, 0.5) is 14.4 Å². The minimum atomic E-state index is -1.40. The van der Waals surface area contributed by atoms with Gasteiger partial charge in [0.25, 0.3) is 0 Å². The molecular formula is C70H82BI6N5O16. The second-order valence-electron chi connectivity index (χ2n) is 23.5. The highest BCUT2D eigenvalue weighted by atomic mass is 127. The Morgan fingerprint density at radius 2 is 0.653 bits per heavy atom. The molecule has 13 N–H and O–H groups in total. The quantitative estimate of drug-likeness (QED) is 0.0258. The number of hydrogen-bond acceptors (Lipinski definition) is 18. The van der Waals surface area contributed by atoms with Crippen LogP contribution in [0.15, 0.2) is 158 Å². The standard InChI is InChI=1S/C19H21I2NO4.C13H11I2NO2.C12H15I2NO3.C12H17NO3.C7H9BO3.C7H9NO/c1-19(2,3)26-18(23)22-11-12-9-15(20)17(16(21)10-12)25-14-7-5-13(24-4)6-8-14;14-11-5-8(7-16)6-12(15)13(11)18-10-3-1-9(17)2-4-10;1-12(2,3)18-11(17)15-6-7-4-8(13)10(16)9(14)5-7;1-12(2,3)16-11(15)13-8-9-4-6-10(14)7-5-9;1-11-7-4-2-6(3-5-7)8(9)10;8-5-6-1-3-7(9)4-2-6/h5-10H,11H2,1-4H3,(H,22,23);1-6,17H,7,16H2;4-5,16H,6H2,1-3H3,(H,15,17);4-7,14H,8H2,1-3H3,(H,13,15);2-5,9-10H,1H3;1-4,9H,5,8H2. The zero-order valence-corrected chi connectivity index (χ0v) is 68.8. The number of rotatable bonds is 15. The predicted octanol–water partition coefficient (Wildman–Crippen LogP) is 15.8. The van der Waals surface area contributed by atoms with E-state index in [9.17, 15) is 24.6 Å². The summed E-state index contributed by atoms with van der Waals surface area (Å²) in [7, 11) is 1.79. The first kappa shape index (κ1) is 86.5. The Hall–Kier alpha value is -5.75. The van der Waals surface area contributed by atoms with E-state index in [0.29, 0.717) is 49.7 Å². The Morgan fingerprint density at radius 1 is 0.388 bits per heavy atom. The number of aromatic hydroxyl groups is 4. The smallest absolute Gasteiger partial charge is 0.488 e. The minimum Gasteiger partial charge on any atom is -0.508 e. The third kappa shape index (κ3) is 35.5. The molecule has 0 spiro atoms. The van der Waals surface area contributed by atoms with Gasteiger partial charge in [-0.15, -0.1) is 0 Å². The van der Waals surface area contributed by atoms with Gasteiger partial charge >= 0.3 is 25.4 Å². The van der Waals surface area contributed by atoms with Gasteiger partial charge in [0, 0.05) is 32.7 Å². The van der Waals surface area contributed by atoms with Crippen molar-refractivity contribution in [3.8, 4) is 57.5 Å². The number of carbonyl (C=O) groups excluding carboxylic acids is 3. The number of hydrogen-bond donors (Lipinski definition) is 11.